The Balaban J connectivity index is 1.72. The third kappa shape index (κ3) is 2.59. The third-order valence-electron chi connectivity index (χ3n) is 6.85. The van der Waals surface area contributed by atoms with E-state index in [2.05, 4.69) is 25.1 Å². The first-order chi connectivity index (χ1) is 14.5. The van der Waals surface area contributed by atoms with Crippen molar-refractivity contribution < 1.29 is 4.79 Å². The van der Waals surface area contributed by atoms with Crippen LogP contribution in [0.4, 0.5) is 0 Å². The molecule has 0 fully saturated rings. The van der Waals surface area contributed by atoms with Crippen LogP contribution < -0.4 is 0 Å². The van der Waals surface area contributed by atoms with Crippen LogP contribution in [0.5, 0.6) is 0 Å². The molecule has 4 heteroatoms. The Morgan fingerprint density at radius 2 is 1.77 bits per heavy atom. The Morgan fingerprint density at radius 1 is 1.10 bits per heavy atom. The van der Waals surface area contributed by atoms with E-state index < -0.39 is 5.41 Å². The summed E-state index contributed by atoms with van der Waals surface area (Å²) in [4.78, 5) is 13.2. The summed E-state index contributed by atoms with van der Waals surface area (Å²) < 4.78 is 1.96. The minimum absolute atomic E-state index is 0.0613. The Labute approximate surface area is 176 Å². The highest BCUT2D eigenvalue weighted by molar-refractivity contribution is 6.05. The number of Topliss-reactive ketones (excluding diaryl/α,β-unsaturated/α-hetero) is 1. The van der Waals surface area contributed by atoms with Gasteiger partial charge in [-0.2, -0.15) is 10.4 Å². The topological polar surface area (TPSA) is 58.7 Å². The standard InChI is InChI=1S/C26H23N3O/c1-26-15-19(16-27)24(30)22(17-9-5-3-6-10-17)21(26)14-13-20-23(29(2)28-25(20)26)18-11-7-4-8-12-18/h3-12,15,21-22H,13-14H2,1-2H3/t21?,22-,26?/m0/s1. The number of benzene rings is 2. The average molecular weight is 393 g/mol. The number of allylic oxidation sites excluding steroid dienone is 2. The van der Waals surface area contributed by atoms with Gasteiger partial charge in [0, 0.05) is 23.6 Å². The molecule has 0 spiro atoms. The monoisotopic (exact) mass is 393 g/mol. The van der Waals surface area contributed by atoms with Crippen LogP contribution in [0.15, 0.2) is 72.3 Å². The predicted molar refractivity (Wildman–Crippen MR) is 116 cm³/mol. The molecule has 0 saturated carbocycles. The van der Waals surface area contributed by atoms with E-state index in [1.807, 2.05) is 66.3 Å². The molecule has 3 aromatic rings. The van der Waals surface area contributed by atoms with Crippen LogP contribution in [0.2, 0.25) is 0 Å². The number of aryl methyl sites for hydroxylation is 1. The van der Waals surface area contributed by atoms with Crippen molar-refractivity contribution in [3.63, 3.8) is 0 Å². The summed E-state index contributed by atoms with van der Waals surface area (Å²) in [6, 6.07) is 22.4. The summed E-state index contributed by atoms with van der Waals surface area (Å²) in [5, 5.41) is 14.7. The molecule has 2 aliphatic rings. The molecule has 4 nitrogen and oxygen atoms in total. The van der Waals surface area contributed by atoms with E-state index in [1.54, 1.807) is 0 Å². The van der Waals surface area contributed by atoms with Crippen molar-refractivity contribution in [1.82, 2.24) is 9.78 Å². The lowest BCUT2D eigenvalue weighted by Gasteiger charge is -2.45. The lowest BCUT2D eigenvalue weighted by atomic mass is 9.56. The summed E-state index contributed by atoms with van der Waals surface area (Å²) in [6.45, 7) is 2.15. The maximum absolute atomic E-state index is 13.2. The van der Waals surface area contributed by atoms with E-state index >= 15 is 0 Å². The van der Waals surface area contributed by atoms with E-state index in [9.17, 15) is 10.1 Å². The lowest BCUT2D eigenvalue weighted by molar-refractivity contribution is -0.119. The first kappa shape index (κ1) is 18.6. The average Bonchev–Trinajstić information content (AvgIpc) is 3.12. The van der Waals surface area contributed by atoms with Gasteiger partial charge in [-0.25, -0.2) is 0 Å². The van der Waals surface area contributed by atoms with Crippen molar-refractivity contribution in [3.8, 4) is 17.3 Å². The quantitative estimate of drug-likeness (QED) is 0.633. The number of hydrogen-bond donors (Lipinski definition) is 0. The summed E-state index contributed by atoms with van der Waals surface area (Å²) in [5.74, 6) is -0.296. The Morgan fingerprint density at radius 3 is 2.43 bits per heavy atom. The molecular weight excluding hydrogens is 370 g/mol. The smallest absolute Gasteiger partial charge is 0.180 e. The van der Waals surface area contributed by atoms with Gasteiger partial charge in [-0.15, -0.1) is 0 Å². The van der Waals surface area contributed by atoms with Crippen molar-refractivity contribution in [2.75, 3.05) is 0 Å². The molecule has 0 amide bonds. The van der Waals surface area contributed by atoms with E-state index in [1.165, 1.54) is 5.56 Å². The van der Waals surface area contributed by atoms with Crippen LogP contribution in [0.1, 0.15) is 36.1 Å². The maximum Gasteiger partial charge on any atom is 0.180 e. The van der Waals surface area contributed by atoms with Crippen molar-refractivity contribution in [2.45, 2.75) is 31.1 Å². The molecule has 148 valence electrons. The predicted octanol–water partition coefficient (Wildman–Crippen LogP) is 4.72. The first-order valence-corrected chi connectivity index (χ1v) is 10.4. The summed E-state index contributed by atoms with van der Waals surface area (Å²) in [6.07, 6.45) is 3.65. The number of hydrogen-bond acceptors (Lipinski definition) is 3. The van der Waals surface area contributed by atoms with Crippen molar-refractivity contribution >= 4 is 5.78 Å². The SMILES string of the molecule is Cn1nc2c(c1-c1ccccc1)CCC1[C@H](c3ccccc3)C(=O)C(C#N)=CC21C. The second-order valence-electron chi connectivity index (χ2n) is 8.52. The van der Waals surface area contributed by atoms with Gasteiger partial charge in [0.1, 0.15) is 6.07 Å². The zero-order valence-electron chi connectivity index (χ0n) is 17.2. The van der Waals surface area contributed by atoms with E-state index in [-0.39, 0.29) is 23.2 Å². The summed E-state index contributed by atoms with van der Waals surface area (Å²) in [7, 11) is 1.98. The number of carbonyl (C=O) groups excluding carboxylic acids is 1. The van der Waals surface area contributed by atoms with Gasteiger partial charge in [-0.05, 0) is 24.3 Å². The van der Waals surface area contributed by atoms with Crippen LogP contribution in [-0.4, -0.2) is 15.6 Å². The molecule has 5 rings (SSSR count). The highest BCUT2D eigenvalue weighted by Gasteiger charge is 2.52. The minimum atomic E-state index is -0.460. The van der Waals surface area contributed by atoms with Crippen molar-refractivity contribution in [1.29, 1.82) is 5.26 Å². The largest absolute Gasteiger partial charge is 0.293 e. The summed E-state index contributed by atoms with van der Waals surface area (Å²) in [5.41, 5.74) is 5.29. The van der Waals surface area contributed by atoms with Gasteiger partial charge >= 0.3 is 0 Å². The molecule has 0 radical (unpaired) electrons. The van der Waals surface area contributed by atoms with E-state index in [4.69, 9.17) is 5.10 Å². The number of aromatic nitrogens is 2. The number of carbonyl (C=O) groups is 1. The normalized spacial score (nSPS) is 25.1. The van der Waals surface area contributed by atoms with Gasteiger partial charge in [0.25, 0.3) is 0 Å². The fraction of sp³-hybridized carbons (Fsp3) is 0.269. The van der Waals surface area contributed by atoms with Crippen LogP contribution >= 0.6 is 0 Å². The second-order valence-corrected chi connectivity index (χ2v) is 8.52. The molecule has 3 atom stereocenters. The molecule has 30 heavy (non-hydrogen) atoms. The zero-order chi connectivity index (χ0) is 20.9. The van der Waals surface area contributed by atoms with E-state index in [0.717, 1.165) is 35.4 Å². The van der Waals surface area contributed by atoms with E-state index in [0.29, 0.717) is 0 Å². The molecule has 2 aromatic carbocycles. The summed E-state index contributed by atoms with van der Waals surface area (Å²) >= 11 is 0. The first-order valence-electron chi connectivity index (χ1n) is 10.4. The molecule has 2 unspecified atom stereocenters. The highest BCUT2D eigenvalue weighted by Crippen LogP contribution is 2.53. The van der Waals surface area contributed by atoms with Crippen molar-refractivity contribution in [3.05, 3.63) is 89.1 Å². The Hall–Kier alpha value is -3.45. The van der Waals surface area contributed by atoms with Gasteiger partial charge < -0.3 is 0 Å². The number of nitriles is 1. The van der Waals surface area contributed by atoms with Crippen LogP contribution in [0.3, 0.4) is 0 Å². The minimum Gasteiger partial charge on any atom is -0.293 e. The van der Waals surface area contributed by atoms with Gasteiger partial charge in [0.2, 0.25) is 0 Å². The van der Waals surface area contributed by atoms with Crippen LogP contribution in [0, 0.1) is 17.2 Å². The number of ketones is 1. The number of rotatable bonds is 2. The molecular formula is C26H23N3O. The second kappa shape index (κ2) is 6.81. The fourth-order valence-corrected chi connectivity index (χ4v) is 5.51. The van der Waals surface area contributed by atoms with Gasteiger partial charge in [-0.3, -0.25) is 9.48 Å². The molecule has 1 aromatic heterocycles. The van der Waals surface area contributed by atoms with Gasteiger partial charge in [0.05, 0.1) is 22.9 Å². The number of nitrogens with zero attached hydrogens (tertiary/aromatic N) is 3. The Bertz CT molecular complexity index is 1200. The highest BCUT2D eigenvalue weighted by atomic mass is 16.1. The molecule has 2 aliphatic carbocycles. The van der Waals surface area contributed by atoms with Crippen LogP contribution in [0.25, 0.3) is 11.3 Å². The molecule has 0 bridgehead atoms. The van der Waals surface area contributed by atoms with Gasteiger partial charge in [0.15, 0.2) is 5.78 Å². The Kier molecular flexibility index (Phi) is 4.22. The molecule has 1 heterocycles. The molecule has 0 saturated heterocycles. The third-order valence-corrected chi connectivity index (χ3v) is 6.85. The van der Waals surface area contributed by atoms with Crippen LogP contribution in [-0.2, 0) is 23.7 Å². The zero-order valence-corrected chi connectivity index (χ0v) is 17.2. The lowest BCUT2D eigenvalue weighted by Crippen LogP contribution is -2.45. The maximum atomic E-state index is 13.2. The van der Waals surface area contributed by atoms with Crippen molar-refractivity contribution in [2.24, 2.45) is 13.0 Å². The molecule has 0 N–H and O–H groups in total. The number of fused-ring (bicyclic) bond motifs is 3. The fourth-order valence-electron chi connectivity index (χ4n) is 5.51. The van der Waals surface area contributed by atoms with Gasteiger partial charge in [-0.1, -0.05) is 73.7 Å². The molecule has 0 aliphatic heterocycles.